The lowest BCUT2D eigenvalue weighted by Gasteiger charge is -2.12. The Kier molecular flexibility index (Phi) is 6.22. The van der Waals surface area contributed by atoms with Crippen LogP contribution >= 0.6 is 11.8 Å². The summed E-state index contributed by atoms with van der Waals surface area (Å²) < 4.78 is 4.89. The normalized spacial score (nSPS) is 11.6. The monoisotopic (exact) mass is 264 g/mol. The largest absolute Gasteiger partial charge is 0.461 e. The summed E-state index contributed by atoms with van der Waals surface area (Å²) in [6, 6.07) is 9.53. The van der Waals surface area contributed by atoms with E-state index in [9.17, 15) is 9.59 Å². The van der Waals surface area contributed by atoms with Crippen molar-refractivity contribution in [3.63, 3.8) is 0 Å². The average Bonchev–Trinajstić information content (AvgIpc) is 2.36. The zero-order valence-corrected chi connectivity index (χ0v) is 11.1. The van der Waals surface area contributed by atoms with E-state index in [1.165, 1.54) is 24.8 Å². The van der Waals surface area contributed by atoms with Gasteiger partial charge in [0, 0.05) is 4.90 Å². The van der Waals surface area contributed by atoms with Gasteiger partial charge in [-0.25, -0.2) is 0 Å². The highest BCUT2D eigenvalue weighted by Crippen LogP contribution is 2.26. The first-order chi connectivity index (χ1) is 8.63. The number of thioether (sulfide) groups is 1. The maximum Gasteiger partial charge on any atom is 0.307 e. The molecule has 0 heterocycles. The van der Waals surface area contributed by atoms with E-state index < -0.39 is 5.25 Å². The third-order valence-corrected chi connectivity index (χ3v) is 3.52. The predicted molar refractivity (Wildman–Crippen MR) is 72.5 cm³/mol. The van der Waals surface area contributed by atoms with Gasteiger partial charge in [-0.3, -0.25) is 9.59 Å². The number of Topliss-reactive ketones (excluding diaryl/α,β-unsaturated/α-hetero) is 1. The summed E-state index contributed by atoms with van der Waals surface area (Å²) in [6.07, 6.45) is 1.59. The van der Waals surface area contributed by atoms with Gasteiger partial charge in [0.05, 0.1) is 11.7 Å². The van der Waals surface area contributed by atoms with Gasteiger partial charge < -0.3 is 4.74 Å². The first-order valence-electron chi connectivity index (χ1n) is 5.62. The summed E-state index contributed by atoms with van der Waals surface area (Å²) in [7, 11) is 0. The van der Waals surface area contributed by atoms with Crippen LogP contribution in [0.3, 0.4) is 0 Å². The third-order valence-electron chi connectivity index (χ3n) is 2.19. The van der Waals surface area contributed by atoms with E-state index in [1.54, 1.807) is 0 Å². The lowest BCUT2D eigenvalue weighted by Crippen LogP contribution is -2.20. The van der Waals surface area contributed by atoms with E-state index in [2.05, 4.69) is 6.58 Å². The molecule has 0 aromatic heterocycles. The maximum absolute atomic E-state index is 11.5. The number of ether oxygens (including phenoxy) is 1. The molecule has 96 valence electrons. The van der Waals surface area contributed by atoms with E-state index in [0.717, 1.165) is 4.90 Å². The minimum Gasteiger partial charge on any atom is -0.461 e. The molecular weight excluding hydrogens is 248 g/mol. The van der Waals surface area contributed by atoms with Crippen LogP contribution in [0.25, 0.3) is 0 Å². The molecule has 1 rings (SSSR count). The van der Waals surface area contributed by atoms with Crippen molar-refractivity contribution in [3.8, 4) is 0 Å². The lowest BCUT2D eigenvalue weighted by molar-refractivity contribution is -0.143. The molecule has 0 aliphatic heterocycles. The smallest absolute Gasteiger partial charge is 0.307 e. The van der Waals surface area contributed by atoms with Crippen molar-refractivity contribution in [1.29, 1.82) is 0 Å². The number of carbonyl (C=O) groups excluding carboxylic acids is 2. The molecule has 1 atom stereocenters. The van der Waals surface area contributed by atoms with Crippen LogP contribution in [0.1, 0.15) is 13.3 Å². The Morgan fingerprint density at radius 2 is 2.06 bits per heavy atom. The Labute approximate surface area is 111 Å². The van der Waals surface area contributed by atoms with Crippen LogP contribution in [0.2, 0.25) is 0 Å². The third kappa shape index (κ3) is 5.19. The molecule has 1 aromatic carbocycles. The van der Waals surface area contributed by atoms with Gasteiger partial charge in [0.2, 0.25) is 0 Å². The van der Waals surface area contributed by atoms with E-state index in [4.69, 9.17) is 4.74 Å². The van der Waals surface area contributed by atoms with Crippen molar-refractivity contribution in [2.45, 2.75) is 23.5 Å². The highest BCUT2D eigenvalue weighted by atomic mass is 32.2. The molecule has 0 spiro atoms. The number of carbonyl (C=O) groups is 2. The van der Waals surface area contributed by atoms with Crippen molar-refractivity contribution in [3.05, 3.63) is 43.0 Å². The van der Waals surface area contributed by atoms with Crippen molar-refractivity contribution in [1.82, 2.24) is 0 Å². The van der Waals surface area contributed by atoms with Crippen LogP contribution in [-0.4, -0.2) is 23.6 Å². The summed E-state index contributed by atoms with van der Waals surface area (Å²) in [5.74, 6) is -0.405. The number of esters is 1. The molecule has 0 radical (unpaired) electrons. The first-order valence-corrected chi connectivity index (χ1v) is 6.50. The van der Waals surface area contributed by atoms with E-state index in [-0.39, 0.29) is 24.8 Å². The summed E-state index contributed by atoms with van der Waals surface area (Å²) in [5, 5.41) is -0.398. The van der Waals surface area contributed by atoms with Crippen LogP contribution in [0.4, 0.5) is 0 Å². The molecule has 4 heteroatoms. The molecule has 3 nitrogen and oxygen atoms in total. The van der Waals surface area contributed by atoms with Gasteiger partial charge in [0.1, 0.15) is 12.4 Å². The molecular formula is C14H16O3S. The molecule has 1 aromatic rings. The number of hydrogen-bond acceptors (Lipinski definition) is 4. The molecule has 0 aliphatic carbocycles. The highest BCUT2D eigenvalue weighted by molar-refractivity contribution is 8.00. The van der Waals surface area contributed by atoms with Gasteiger partial charge in [-0.05, 0) is 19.1 Å². The topological polar surface area (TPSA) is 43.4 Å². The minimum absolute atomic E-state index is 0.0283. The van der Waals surface area contributed by atoms with Gasteiger partial charge in [-0.2, -0.15) is 0 Å². The fraction of sp³-hybridized carbons (Fsp3) is 0.286. The number of hydrogen-bond donors (Lipinski definition) is 0. The van der Waals surface area contributed by atoms with Crippen LogP contribution in [0.5, 0.6) is 0 Å². The average molecular weight is 264 g/mol. The zero-order chi connectivity index (χ0) is 13.4. The van der Waals surface area contributed by atoms with Gasteiger partial charge in [0.25, 0.3) is 0 Å². The highest BCUT2D eigenvalue weighted by Gasteiger charge is 2.20. The van der Waals surface area contributed by atoms with E-state index >= 15 is 0 Å². The van der Waals surface area contributed by atoms with E-state index in [0.29, 0.717) is 0 Å². The number of rotatable bonds is 7. The Bertz CT molecular complexity index is 414. The molecule has 18 heavy (non-hydrogen) atoms. The van der Waals surface area contributed by atoms with Gasteiger partial charge in [-0.1, -0.05) is 30.9 Å². The van der Waals surface area contributed by atoms with Crippen LogP contribution in [0, 0.1) is 0 Å². The minimum atomic E-state index is -0.398. The van der Waals surface area contributed by atoms with Crippen LogP contribution in [0.15, 0.2) is 47.9 Å². The molecule has 0 saturated carbocycles. The molecule has 0 saturated heterocycles. The maximum atomic E-state index is 11.5. The summed E-state index contributed by atoms with van der Waals surface area (Å²) in [4.78, 5) is 23.9. The second kappa shape index (κ2) is 7.71. The second-order valence-electron chi connectivity index (χ2n) is 3.71. The standard InChI is InChI=1S/C14H16O3S/c1-3-9-17-14(16)10-13(11(2)15)18-12-7-5-4-6-8-12/h3-8,13H,1,9-10H2,2H3. The zero-order valence-electron chi connectivity index (χ0n) is 10.3. The Morgan fingerprint density at radius 3 is 2.61 bits per heavy atom. The van der Waals surface area contributed by atoms with Gasteiger partial charge in [0.15, 0.2) is 0 Å². The van der Waals surface area contributed by atoms with E-state index in [1.807, 2.05) is 30.3 Å². The molecule has 0 fully saturated rings. The molecule has 1 unspecified atom stereocenters. The molecule has 0 aliphatic rings. The number of ketones is 1. The summed E-state index contributed by atoms with van der Waals surface area (Å²) in [6.45, 7) is 5.13. The fourth-order valence-corrected chi connectivity index (χ4v) is 2.32. The summed E-state index contributed by atoms with van der Waals surface area (Å²) in [5.41, 5.74) is 0. The lowest BCUT2D eigenvalue weighted by atomic mass is 10.2. The van der Waals surface area contributed by atoms with Crippen LogP contribution in [-0.2, 0) is 14.3 Å². The number of benzene rings is 1. The van der Waals surface area contributed by atoms with Crippen molar-refractivity contribution in [2.75, 3.05) is 6.61 Å². The van der Waals surface area contributed by atoms with Gasteiger partial charge in [-0.15, -0.1) is 11.8 Å². The molecule has 0 bridgehead atoms. The van der Waals surface area contributed by atoms with Crippen molar-refractivity contribution < 1.29 is 14.3 Å². The quantitative estimate of drug-likeness (QED) is 0.431. The Balaban J connectivity index is 2.58. The first kappa shape index (κ1) is 14.5. The predicted octanol–water partition coefficient (Wildman–Crippen LogP) is 2.86. The van der Waals surface area contributed by atoms with Crippen molar-refractivity contribution in [2.24, 2.45) is 0 Å². The SMILES string of the molecule is C=CCOC(=O)CC(Sc1ccccc1)C(C)=O. The Morgan fingerprint density at radius 1 is 1.39 bits per heavy atom. The Hall–Kier alpha value is -1.55. The molecule has 0 amide bonds. The second-order valence-corrected chi connectivity index (χ2v) is 4.98. The van der Waals surface area contributed by atoms with Crippen LogP contribution < -0.4 is 0 Å². The van der Waals surface area contributed by atoms with Crippen molar-refractivity contribution >= 4 is 23.5 Å². The molecule has 0 N–H and O–H groups in total. The fourth-order valence-electron chi connectivity index (χ4n) is 1.29. The van der Waals surface area contributed by atoms with Gasteiger partial charge >= 0.3 is 5.97 Å². The summed E-state index contributed by atoms with van der Waals surface area (Å²) >= 11 is 1.38.